The van der Waals surface area contributed by atoms with E-state index in [9.17, 15) is 0 Å². The van der Waals surface area contributed by atoms with Gasteiger partial charge < -0.3 is 16.8 Å². The zero-order valence-electron chi connectivity index (χ0n) is 6.55. The van der Waals surface area contributed by atoms with Crippen molar-refractivity contribution in [2.75, 3.05) is 24.1 Å². The SMILES string of the molecule is NCCNc1ncc(N)cc1Cl. The van der Waals surface area contributed by atoms with Crippen LogP contribution in [0.3, 0.4) is 0 Å². The highest BCUT2D eigenvalue weighted by atomic mass is 35.5. The Morgan fingerprint density at radius 3 is 2.92 bits per heavy atom. The number of hydrogen-bond donors (Lipinski definition) is 3. The maximum absolute atomic E-state index is 5.82. The van der Waals surface area contributed by atoms with Crippen LogP contribution in [-0.4, -0.2) is 18.1 Å². The number of nitrogens with one attached hydrogen (secondary N) is 1. The third-order valence-electron chi connectivity index (χ3n) is 1.30. The molecule has 5 heteroatoms. The molecule has 0 radical (unpaired) electrons. The van der Waals surface area contributed by atoms with Crippen LogP contribution in [0.15, 0.2) is 12.3 Å². The Morgan fingerprint density at radius 2 is 2.33 bits per heavy atom. The highest BCUT2D eigenvalue weighted by Crippen LogP contribution is 2.20. The van der Waals surface area contributed by atoms with Gasteiger partial charge in [-0.3, -0.25) is 0 Å². The van der Waals surface area contributed by atoms with Gasteiger partial charge in [0, 0.05) is 13.1 Å². The zero-order chi connectivity index (χ0) is 8.97. The smallest absolute Gasteiger partial charge is 0.144 e. The second-order valence-electron chi connectivity index (χ2n) is 2.31. The summed E-state index contributed by atoms with van der Waals surface area (Å²) in [5.74, 6) is 0.622. The molecule has 1 heterocycles. The highest BCUT2D eigenvalue weighted by Gasteiger charge is 1.99. The molecule has 5 N–H and O–H groups in total. The molecule has 0 aliphatic carbocycles. The molecule has 1 aromatic rings. The van der Waals surface area contributed by atoms with Crippen LogP contribution in [0.25, 0.3) is 0 Å². The van der Waals surface area contributed by atoms with Crippen LogP contribution >= 0.6 is 11.6 Å². The van der Waals surface area contributed by atoms with Gasteiger partial charge in [0.05, 0.1) is 16.9 Å². The first-order valence-electron chi connectivity index (χ1n) is 3.59. The van der Waals surface area contributed by atoms with Gasteiger partial charge in [-0.2, -0.15) is 0 Å². The van der Waals surface area contributed by atoms with Crippen molar-refractivity contribution in [2.45, 2.75) is 0 Å². The van der Waals surface area contributed by atoms with Crippen LogP contribution in [0.2, 0.25) is 5.02 Å². The van der Waals surface area contributed by atoms with Gasteiger partial charge in [0.25, 0.3) is 0 Å². The predicted molar refractivity (Wildman–Crippen MR) is 51.2 cm³/mol. The number of pyridine rings is 1. The summed E-state index contributed by atoms with van der Waals surface area (Å²) in [6, 6.07) is 1.65. The average Bonchev–Trinajstić information content (AvgIpc) is 2.03. The van der Waals surface area contributed by atoms with Crippen molar-refractivity contribution < 1.29 is 0 Å². The lowest BCUT2D eigenvalue weighted by Gasteiger charge is -2.05. The fraction of sp³-hybridized carbons (Fsp3) is 0.286. The molecule has 0 aromatic carbocycles. The van der Waals surface area contributed by atoms with E-state index in [0.29, 0.717) is 29.6 Å². The summed E-state index contributed by atoms with van der Waals surface area (Å²) in [7, 11) is 0. The van der Waals surface area contributed by atoms with E-state index in [-0.39, 0.29) is 0 Å². The molecule has 4 nitrogen and oxygen atoms in total. The number of hydrogen-bond acceptors (Lipinski definition) is 4. The van der Waals surface area contributed by atoms with Crippen LogP contribution in [0.1, 0.15) is 0 Å². The van der Waals surface area contributed by atoms with Gasteiger partial charge in [0.15, 0.2) is 0 Å². The Bertz CT molecular complexity index is 264. The lowest BCUT2D eigenvalue weighted by molar-refractivity contribution is 1.01. The number of halogens is 1. The number of rotatable bonds is 3. The zero-order valence-corrected chi connectivity index (χ0v) is 7.30. The fourth-order valence-corrected chi connectivity index (χ4v) is 1.01. The first-order chi connectivity index (χ1) is 5.74. The third kappa shape index (κ3) is 2.25. The van der Waals surface area contributed by atoms with E-state index in [1.165, 1.54) is 0 Å². The van der Waals surface area contributed by atoms with E-state index in [1.54, 1.807) is 12.3 Å². The topological polar surface area (TPSA) is 77.0 Å². The Hall–Kier alpha value is -1.00. The van der Waals surface area contributed by atoms with Gasteiger partial charge >= 0.3 is 0 Å². The molecule has 0 saturated carbocycles. The second-order valence-corrected chi connectivity index (χ2v) is 2.72. The highest BCUT2D eigenvalue weighted by molar-refractivity contribution is 6.33. The maximum Gasteiger partial charge on any atom is 0.144 e. The normalized spacial score (nSPS) is 9.83. The largest absolute Gasteiger partial charge is 0.397 e. The fourth-order valence-electron chi connectivity index (χ4n) is 0.773. The summed E-state index contributed by atoms with van der Waals surface area (Å²) in [5, 5.41) is 3.48. The van der Waals surface area contributed by atoms with Gasteiger partial charge in [0.2, 0.25) is 0 Å². The van der Waals surface area contributed by atoms with E-state index >= 15 is 0 Å². The minimum Gasteiger partial charge on any atom is -0.397 e. The van der Waals surface area contributed by atoms with Gasteiger partial charge in [-0.25, -0.2) is 4.98 Å². The van der Waals surface area contributed by atoms with Gasteiger partial charge in [-0.1, -0.05) is 11.6 Å². The van der Waals surface area contributed by atoms with Crippen molar-refractivity contribution in [2.24, 2.45) is 5.73 Å². The molecule has 0 atom stereocenters. The molecule has 0 unspecified atom stereocenters. The number of aromatic nitrogens is 1. The molecule has 0 fully saturated rings. The molecule has 0 bridgehead atoms. The summed E-state index contributed by atoms with van der Waals surface area (Å²) >= 11 is 5.82. The van der Waals surface area contributed by atoms with Crippen molar-refractivity contribution in [1.82, 2.24) is 4.98 Å². The molecule has 0 spiro atoms. The molecular weight excluding hydrogens is 176 g/mol. The molecule has 0 amide bonds. The number of nitrogens with two attached hydrogens (primary N) is 2. The molecular formula is C7H11ClN4. The Balaban J connectivity index is 2.72. The van der Waals surface area contributed by atoms with Crippen molar-refractivity contribution >= 4 is 23.1 Å². The summed E-state index contributed by atoms with van der Waals surface area (Å²) in [4.78, 5) is 3.99. The summed E-state index contributed by atoms with van der Waals surface area (Å²) in [5.41, 5.74) is 11.3. The molecule has 12 heavy (non-hydrogen) atoms. The Morgan fingerprint density at radius 1 is 1.58 bits per heavy atom. The second kappa shape index (κ2) is 4.13. The molecule has 1 aromatic heterocycles. The molecule has 0 saturated heterocycles. The van der Waals surface area contributed by atoms with E-state index in [2.05, 4.69) is 10.3 Å². The summed E-state index contributed by atoms with van der Waals surface area (Å²) in [6.07, 6.45) is 1.55. The molecule has 0 aliphatic rings. The maximum atomic E-state index is 5.82. The number of nitrogen functional groups attached to an aromatic ring is 1. The van der Waals surface area contributed by atoms with Crippen LogP contribution in [-0.2, 0) is 0 Å². The van der Waals surface area contributed by atoms with Crippen molar-refractivity contribution in [3.8, 4) is 0 Å². The number of anilines is 2. The average molecular weight is 187 g/mol. The third-order valence-corrected chi connectivity index (χ3v) is 1.59. The minimum absolute atomic E-state index is 0.517. The van der Waals surface area contributed by atoms with E-state index in [4.69, 9.17) is 23.1 Å². The van der Waals surface area contributed by atoms with E-state index in [1.807, 2.05) is 0 Å². The number of nitrogens with zero attached hydrogens (tertiary/aromatic N) is 1. The van der Waals surface area contributed by atoms with E-state index in [0.717, 1.165) is 0 Å². The first-order valence-corrected chi connectivity index (χ1v) is 3.97. The molecule has 66 valence electrons. The lowest BCUT2D eigenvalue weighted by Crippen LogP contribution is -2.14. The summed E-state index contributed by atoms with van der Waals surface area (Å²) < 4.78 is 0. The van der Waals surface area contributed by atoms with E-state index < -0.39 is 0 Å². The summed E-state index contributed by atoms with van der Waals surface area (Å²) in [6.45, 7) is 1.19. The van der Waals surface area contributed by atoms with Crippen molar-refractivity contribution in [3.63, 3.8) is 0 Å². The van der Waals surface area contributed by atoms with Gasteiger partial charge in [-0.05, 0) is 6.07 Å². The van der Waals surface area contributed by atoms with Crippen LogP contribution in [0, 0.1) is 0 Å². The Kier molecular flexibility index (Phi) is 3.13. The first kappa shape index (κ1) is 9.09. The Labute approximate surface area is 75.9 Å². The van der Waals surface area contributed by atoms with Crippen LogP contribution in [0.5, 0.6) is 0 Å². The predicted octanol–water partition coefficient (Wildman–Crippen LogP) is 0.688. The monoisotopic (exact) mass is 186 g/mol. The van der Waals surface area contributed by atoms with Crippen molar-refractivity contribution in [3.05, 3.63) is 17.3 Å². The standard InChI is InChI=1S/C7H11ClN4/c8-6-3-5(10)4-12-7(6)11-2-1-9/h3-4H,1-2,9-10H2,(H,11,12). The van der Waals surface area contributed by atoms with Gasteiger partial charge in [0.1, 0.15) is 5.82 Å². The van der Waals surface area contributed by atoms with Gasteiger partial charge in [-0.15, -0.1) is 0 Å². The van der Waals surface area contributed by atoms with Crippen LogP contribution < -0.4 is 16.8 Å². The molecule has 1 rings (SSSR count). The molecule has 0 aliphatic heterocycles. The van der Waals surface area contributed by atoms with Crippen LogP contribution in [0.4, 0.5) is 11.5 Å². The lowest BCUT2D eigenvalue weighted by atomic mass is 10.4. The van der Waals surface area contributed by atoms with Crippen molar-refractivity contribution in [1.29, 1.82) is 0 Å². The quantitative estimate of drug-likeness (QED) is 0.649. The minimum atomic E-state index is 0.517.